The van der Waals surface area contributed by atoms with Gasteiger partial charge in [-0.05, 0) is 30.5 Å². The first-order valence-electron chi connectivity index (χ1n) is 8.66. The molecule has 25 heavy (non-hydrogen) atoms. The average molecular weight is 342 g/mol. The summed E-state index contributed by atoms with van der Waals surface area (Å²) in [5.74, 6) is 1.42. The molecule has 1 aromatic carbocycles. The number of amides is 1. The summed E-state index contributed by atoms with van der Waals surface area (Å²) in [4.78, 5) is 22.8. The number of carbonyl (C=O) groups is 1. The standard InChI is InChI=1S/C19H26N4O2/c1-4-10-23(11-5-2)19(24)17-12-18(22-14-21-17)20-13-15-6-8-16(25-3)9-7-15/h6-9,12,14H,4-5,10-11,13H2,1-3H3,(H,20,21,22). The molecule has 0 atom stereocenters. The Bertz CT molecular complexity index is 667. The predicted octanol–water partition coefficient (Wildman–Crippen LogP) is 3.36. The van der Waals surface area contributed by atoms with Crippen molar-refractivity contribution < 1.29 is 9.53 Å². The lowest BCUT2D eigenvalue weighted by Crippen LogP contribution is -2.33. The molecule has 1 amide bonds. The molecule has 6 nitrogen and oxygen atoms in total. The fourth-order valence-corrected chi connectivity index (χ4v) is 2.52. The van der Waals surface area contributed by atoms with Gasteiger partial charge < -0.3 is 15.0 Å². The smallest absolute Gasteiger partial charge is 0.272 e. The predicted molar refractivity (Wildman–Crippen MR) is 98.8 cm³/mol. The Morgan fingerprint density at radius 2 is 1.80 bits per heavy atom. The Morgan fingerprint density at radius 1 is 1.12 bits per heavy atom. The maximum Gasteiger partial charge on any atom is 0.272 e. The molecule has 0 fully saturated rings. The summed E-state index contributed by atoms with van der Waals surface area (Å²) >= 11 is 0. The number of benzene rings is 1. The van der Waals surface area contributed by atoms with E-state index in [2.05, 4.69) is 29.1 Å². The van der Waals surface area contributed by atoms with Crippen LogP contribution in [0.3, 0.4) is 0 Å². The first-order chi connectivity index (χ1) is 12.2. The topological polar surface area (TPSA) is 67.4 Å². The zero-order valence-corrected chi connectivity index (χ0v) is 15.2. The number of ether oxygens (including phenoxy) is 1. The van der Waals surface area contributed by atoms with Gasteiger partial charge in [0.1, 0.15) is 23.6 Å². The van der Waals surface area contributed by atoms with Crippen LogP contribution in [-0.2, 0) is 6.54 Å². The highest BCUT2D eigenvalue weighted by Crippen LogP contribution is 2.13. The summed E-state index contributed by atoms with van der Waals surface area (Å²) in [6, 6.07) is 9.52. The molecule has 6 heteroatoms. The molecule has 0 aliphatic heterocycles. The van der Waals surface area contributed by atoms with E-state index in [1.165, 1.54) is 6.33 Å². The number of nitrogens with zero attached hydrogens (tertiary/aromatic N) is 3. The van der Waals surface area contributed by atoms with Crippen LogP contribution >= 0.6 is 0 Å². The second kappa shape index (κ2) is 9.61. The number of methoxy groups -OCH3 is 1. The summed E-state index contributed by atoms with van der Waals surface area (Å²) in [7, 11) is 1.65. The van der Waals surface area contributed by atoms with E-state index in [-0.39, 0.29) is 5.91 Å². The van der Waals surface area contributed by atoms with Crippen LogP contribution in [0.15, 0.2) is 36.7 Å². The number of hydrogen-bond donors (Lipinski definition) is 1. The summed E-state index contributed by atoms with van der Waals surface area (Å²) in [6.45, 7) is 6.23. The zero-order chi connectivity index (χ0) is 18.1. The van der Waals surface area contributed by atoms with Gasteiger partial charge in [0.25, 0.3) is 5.91 Å². The quantitative estimate of drug-likeness (QED) is 0.757. The van der Waals surface area contributed by atoms with Crippen LogP contribution in [0.4, 0.5) is 5.82 Å². The molecule has 2 rings (SSSR count). The summed E-state index contributed by atoms with van der Waals surface area (Å²) in [5.41, 5.74) is 1.53. The lowest BCUT2D eigenvalue weighted by molar-refractivity contribution is 0.0749. The van der Waals surface area contributed by atoms with Crippen LogP contribution in [0.5, 0.6) is 5.75 Å². The van der Waals surface area contributed by atoms with Crippen molar-refractivity contribution >= 4 is 11.7 Å². The molecule has 0 unspecified atom stereocenters. The molecule has 0 bridgehead atoms. The minimum absolute atomic E-state index is 0.0430. The van der Waals surface area contributed by atoms with Gasteiger partial charge in [-0.3, -0.25) is 4.79 Å². The molecule has 1 heterocycles. The van der Waals surface area contributed by atoms with E-state index < -0.39 is 0 Å². The second-order valence-corrected chi connectivity index (χ2v) is 5.78. The molecule has 134 valence electrons. The highest BCUT2D eigenvalue weighted by molar-refractivity contribution is 5.92. The van der Waals surface area contributed by atoms with Crippen molar-refractivity contribution in [2.45, 2.75) is 33.2 Å². The van der Waals surface area contributed by atoms with Crippen molar-refractivity contribution in [1.82, 2.24) is 14.9 Å². The second-order valence-electron chi connectivity index (χ2n) is 5.78. The van der Waals surface area contributed by atoms with Gasteiger partial charge in [0.15, 0.2) is 0 Å². The van der Waals surface area contributed by atoms with Gasteiger partial charge in [-0.25, -0.2) is 9.97 Å². The first kappa shape index (κ1) is 18.7. The van der Waals surface area contributed by atoms with Crippen LogP contribution in [0.1, 0.15) is 42.7 Å². The molecule has 2 aromatic rings. The van der Waals surface area contributed by atoms with Crippen LogP contribution < -0.4 is 10.1 Å². The fourth-order valence-electron chi connectivity index (χ4n) is 2.52. The Morgan fingerprint density at radius 3 is 2.40 bits per heavy atom. The summed E-state index contributed by atoms with van der Waals surface area (Å²) in [5, 5.41) is 3.23. The molecule has 1 N–H and O–H groups in total. The third kappa shape index (κ3) is 5.45. The molecule has 0 aliphatic rings. The van der Waals surface area contributed by atoms with Crippen LogP contribution in [0, 0.1) is 0 Å². The van der Waals surface area contributed by atoms with Crippen molar-refractivity contribution in [3.05, 3.63) is 47.9 Å². The fraction of sp³-hybridized carbons (Fsp3) is 0.421. The number of nitrogens with one attached hydrogen (secondary N) is 1. The van der Waals surface area contributed by atoms with Gasteiger partial charge in [-0.15, -0.1) is 0 Å². The molecule has 0 spiro atoms. The molecular weight excluding hydrogens is 316 g/mol. The third-order valence-electron chi connectivity index (χ3n) is 3.79. The van der Waals surface area contributed by atoms with Gasteiger partial charge in [-0.2, -0.15) is 0 Å². The van der Waals surface area contributed by atoms with Crippen molar-refractivity contribution in [2.75, 3.05) is 25.5 Å². The summed E-state index contributed by atoms with van der Waals surface area (Å²) < 4.78 is 5.15. The zero-order valence-electron chi connectivity index (χ0n) is 15.2. The summed E-state index contributed by atoms with van der Waals surface area (Å²) in [6.07, 6.45) is 3.29. The van der Waals surface area contributed by atoms with E-state index in [4.69, 9.17) is 4.74 Å². The monoisotopic (exact) mass is 342 g/mol. The third-order valence-corrected chi connectivity index (χ3v) is 3.79. The molecule has 0 saturated carbocycles. The van der Waals surface area contributed by atoms with E-state index in [1.807, 2.05) is 29.2 Å². The van der Waals surface area contributed by atoms with Crippen LogP contribution in [0.2, 0.25) is 0 Å². The molecule has 0 saturated heterocycles. The van der Waals surface area contributed by atoms with Crippen LogP contribution in [-0.4, -0.2) is 41.0 Å². The highest BCUT2D eigenvalue weighted by Gasteiger charge is 2.16. The Labute approximate surface area is 149 Å². The van der Waals surface area contributed by atoms with Crippen molar-refractivity contribution in [3.63, 3.8) is 0 Å². The van der Waals surface area contributed by atoms with Crippen molar-refractivity contribution in [1.29, 1.82) is 0 Å². The van der Waals surface area contributed by atoms with E-state index in [0.29, 0.717) is 18.1 Å². The van der Waals surface area contributed by atoms with Gasteiger partial charge in [-0.1, -0.05) is 26.0 Å². The highest BCUT2D eigenvalue weighted by atomic mass is 16.5. The number of carbonyl (C=O) groups excluding carboxylic acids is 1. The Balaban J connectivity index is 2.03. The minimum Gasteiger partial charge on any atom is -0.497 e. The minimum atomic E-state index is -0.0430. The maximum absolute atomic E-state index is 12.6. The molecular formula is C19H26N4O2. The number of hydrogen-bond acceptors (Lipinski definition) is 5. The molecule has 0 aliphatic carbocycles. The molecule has 1 aromatic heterocycles. The Kier molecular flexibility index (Phi) is 7.19. The SMILES string of the molecule is CCCN(CCC)C(=O)c1cc(NCc2ccc(OC)cc2)ncn1. The number of rotatable bonds is 9. The Hall–Kier alpha value is -2.63. The number of aromatic nitrogens is 2. The van der Waals surface area contributed by atoms with E-state index in [0.717, 1.165) is 37.2 Å². The van der Waals surface area contributed by atoms with Crippen molar-refractivity contribution in [2.24, 2.45) is 0 Å². The van der Waals surface area contributed by atoms with E-state index in [9.17, 15) is 4.79 Å². The van der Waals surface area contributed by atoms with Gasteiger partial charge in [0, 0.05) is 25.7 Å². The van der Waals surface area contributed by atoms with E-state index in [1.54, 1.807) is 13.2 Å². The number of anilines is 1. The lowest BCUT2D eigenvalue weighted by Gasteiger charge is -2.21. The largest absolute Gasteiger partial charge is 0.497 e. The van der Waals surface area contributed by atoms with Gasteiger partial charge >= 0.3 is 0 Å². The lowest BCUT2D eigenvalue weighted by atomic mass is 10.2. The average Bonchev–Trinajstić information content (AvgIpc) is 2.66. The van der Waals surface area contributed by atoms with Crippen LogP contribution in [0.25, 0.3) is 0 Å². The first-order valence-corrected chi connectivity index (χ1v) is 8.66. The van der Waals surface area contributed by atoms with E-state index >= 15 is 0 Å². The molecule has 0 radical (unpaired) electrons. The van der Waals surface area contributed by atoms with Crippen molar-refractivity contribution in [3.8, 4) is 5.75 Å². The van der Waals surface area contributed by atoms with Gasteiger partial charge in [0.2, 0.25) is 0 Å². The maximum atomic E-state index is 12.6. The normalized spacial score (nSPS) is 10.4. The van der Waals surface area contributed by atoms with Gasteiger partial charge in [0.05, 0.1) is 7.11 Å².